The predicted molar refractivity (Wildman–Crippen MR) is 164 cm³/mol. The fourth-order valence-corrected chi connectivity index (χ4v) is 7.30. The highest BCUT2D eigenvalue weighted by Gasteiger charge is 2.35. The quantitative estimate of drug-likeness (QED) is 0.455. The summed E-state index contributed by atoms with van der Waals surface area (Å²) in [5.41, 5.74) is 6.01. The first kappa shape index (κ1) is 28.9. The number of piperazine rings is 1. The van der Waals surface area contributed by atoms with Crippen LogP contribution in [0.15, 0.2) is 24.9 Å². The van der Waals surface area contributed by atoms with Crippen LogP contribution in [0.5, 0.6) is 5.88 Å². The maximum absolute atomic E-state index is 12.6. The topological polar surface area (TPSA) is 113 Å². The predicted octanol–water partition coefficient (Wildman–Crippen LogP) is 3.38. The number of rotatable bonds is 7. The fraction of sp³-hybridized carbons (Fsp3) is 0.545. The molecule has 1 aliphatic carbocycles. The molecule has 10 nitrogen and oxygen atoms in total. The fourth-order valence-electron chi connectivity index (χ4n) is 7.30. The summed E-state index contributed by atoms with van der Waals surface area (Å²) in [4.78, 5) is 31.0. The zero-order valence-electron chi connectivity index (χ0n) is 25.1. The molecular formula is C33H40N8O2. The minimum atomic E-state index is -0.295. The monoisotopic (exact) mass is 580 g/mol. The summed E-state index contributed by atoms with van der Waals surface area (Å²) in [5, 5.41) is 20.1. The van der Waals surface area contributed by atoms with E-state index in [0.717, 1.165) is 68.0 Å². The van der Waals surface area contributed by atoms with Gasteiger partial charge in [0.1, 0.15) is 24.1 Å². The van der Waals surface area contributed by atoms with E-state index in [1.165, 1.54) is 30.0 Å². The number of hydrogen-bond acceptors (Lipinski definition) is 9. The number of anilines is 2. The number of nitrogens with zero attached hydrogens (tertiary/aromatic N) is 8. The van der Waals surface area contributed by atoms with Crippen LogP contribution in [0.1, 0.15) is 60.1 Å². The van der Waals surface area contributed by atoms with Gasteiger partial charge in [0.15, 0.2) is 0 Å². The average Bonchev–Trinajstić information content (AvgIpc) is 3.46. The summed E-state index contributed by atoms with van der Waals surface area (Å²) < 4.78 is 6.40. The SMILES string of the molecule is C=CC(=O)N1CCN(c2c(C#N)c(OC[C@@H]3CCCN3C)nc3c2CCN(c2nccc4c2CCCC4)C3)C[C@@H]1CC#N. The van der Waals surface area contributed by atoms with Gasteiger partial charge in [-0.2, -0.15) is 10.5 Å². The lowest BCUT2D eigenvalue weighted by Crippen LogP contribution is -2.55. The minimum absolute atomic E-state index is 0.170. The van der Waals surface area contributed by atoms with Crippen LogP contribution in [0.2, 0.25) is 0 Å². The van der Waals surface area contributed by atoms with E-state index < -0.39 is 0 Å². The molecule has 6 rings (SSSR count). The Bertz CT molecular complexity index is 1480. The first-order valence-electron chi connectivity index (χ1n) is 15.6. The second-order valence-corrected chi connectivity index (χ2v) is 12.1. The van der Waals surface area contributed by atoms with E-state index >= 15 is 0 Å². The molecule has 0 N–H and O–H groups in total. The number of carbonyl (C=O) groups is 1. The minimum Gasteiger partial charge on any atom is -0.475 e. The number of aryl methyl sites for hydroxylation is 1. The molecule has 0 bridgehead atoms. The lowest BCUT2D eigenvalue weighted by Gasteiger charge is -2.43. The molecule has 1 amide bonds. The number of aromatic nitrogens is 2. The Hall–Kier alpha value is -4.15. The lowest BCUT2D eigenvalue weighted by atomic mass is 9.91. The Kier molecular flexibility index (Phi) is 8.49. The van der Waals surface area contributed by atoms with Crippen molar-refractivity contribution in [1.29, 1.82) is 10.5 Å². The van der Waals surface area contributed by atoms with Gasteiger partial charge >= 0.3 is 0 Å². The highest BCUT2D eigenvalue weighted by atomic mass is 16.5. The molecule has 3 aliphatic heterocycles. The van der Waals surface area contributed by atoms with Crippen LogP contribution < -0.4 is 14.5 Å². The molecular weight excluding hydrogens is 540 g/mol. The molecule has 0 unspecified atom stereocenters. The summed E-state index contributed by atoms with van der Waals surface area (Å²) in [6.07, 6.45) is 10.9. The maximum atomic E-state index is 12.6. The summed E-state index contributed by atoms with van der Waals surface area (Å²) in [5.74, 6) is 1.26. The van der Waals surface area contributed by atoms with Crippen molar-refractivity contribution in [3.63, 3.8) is 0 Å². The molecule has 4 aliphatic rings. The van der Waals surface area contributed by atoms with Gasteiger partial charge in [0.05, 0.1) is 36.5 Å². The van der Waals surface area contributed by atoms with E-state index in [-0.39, 0.29) is 24.4 Å². The first-order valence-corrected chi connectivity index (χ1v) is 15.6. The number of nitriles is 2. The Labute approximate surface area is 254 Å². The van der Waals surface area contributed by atoms with Gasteiger partial charge in [0.25, 0.3) is 0 Å². The third-order valence-electron chi connectivity index (χ3n) is 9.63. The van der Waals surface area contributed by atoms with E-state index in [4.69, 9.17) is 14.7 Å². The Morgan fingerprint density at radius 2 is 1.95 bits per heavy atom. The van der Waals surface area contributed by atoms with Crippen LogP contribution in [-0.2, 0) is 30.6 Å². The molecule has 0 aromatic carbocycles. The van der Waals surface area contributed by atoms with Crippen molar-refractivity contribution in [1.82, 2.24) is 19.8 Å². The number of carbonyl (C=O) groups excluding carboxylic acids is 1. The molecule has 2 saturated heterocycles. The Morgan fingerprint density at radius 1 is 1.09 bits per heavy atom. The molecule has 2 fully saturated rings. The van der Waals surface area contributed by atoms with E-state index in [9.17, 15) is 15.3 Å². The number of pyridine rings is 2. The standard InChI is InChI=1S/C33H40N8O2/c1-3-30(42)41-18-17-39(20-24(41)10-13-34)31-27-12-16-40(32-26-9-5-4-7-23(26)11-14-36-32)21-29(27)37-33(28(31)19-35)43-22-25-8-6-15-38(25)2/h3,11,14,24-25H,1,4-10,12,15-18,20-22H2,2H3/t24-,25-/m0/s1. The van der Waals surface area contributed by atoms with Crippen LogP contribution in [-0.4, -0.2) is 84.1 Å². The zero-order chi connectivity index (χ0) is 29.9. The largest absolute Gasteiger partial charge is 0.475 e. The average molecular weight is 581 g/mol. The van der Waals surface area contributed by atoms with Crippen molar-refractivity contribution in [3.05, 3.63) is 52.9 Å². The highest BCUT2D eigenvalue weighted by molar-refractivity contribution is 5.87. The smallest absolute Gasteiger partial charge is 0.246 e. The number of likely N-dealkylation sites (tertiary alicyclic amines) is 1. The zero-order valence-corrected chi connectivity index (χ0v) is 25.1. The molecule has 5 heterocycles. The van der Waals surface area contributed by atoms with Crippen LogP contribution >= 0.6 is 0 Å². The summed E-state index contributed by atoms with van der Waals surface area (Å²) >= 11 is 0. The molecule has 0 saturated carbocycles. The van der Waals surface area contributed by atoms with Crippen LogP contribution in [0.3, 0.4) is 0 Å². The van der Waals surface area contributed by atoms with Crippen molar-refractivity contribution in [2.45, 2.75) is 70.0 Å². The summed E-state index contributed by atoms with van der Waals surface area (Å²) in [7, 11) is 2.11. The van der Waals surface area contributed by atoms with E-state index in [2.05, 4.69) is 46.5 Å². The summed E-state index contributed by atoms with van der Waals surface area (Å²) in [6, 6.07) is 6.85. The van der Waals surface area contributed by atoms with Gasteiger partial charge in [-0.05, 0) is 81.8 Å². The second kappa shape index (κ2) is 12.6. The van der Waals surface area contributed by atoms with Crippen LogP contribution in [0.25, 0.3) is 0 Å². The van der Waals surface area contributed by atoms with Gasteiger partial charge in [-0.1, -0.05) is 6.58 Å². The van der Waals surface area contributed by atoms with E-state index in [0.29, 0.717) is 44.2 Å². The van der Waals surface area contributed by atoms with E-state index in [1.807, 2.05) is 6.20 Å². The number of ether oxygens (including phenoxy) is 1. The van der Waals surface area contributed by atoms with Gasteiger partial charge in [-0.15, -0.1) is 0 Å². The molecule has 2 aromatic rings. The van der Waals surface area contributed by atoms with Crippen molar-refractivity contribution in [3.8, 4) is 18.0 Å². The van der Waals surface area contributed by atoms with Crippen molar-refractivity contribution < 1.29 is 9.53 Å². The van der Waals surface area contributed by atoms with E-state index in [1.54, 1.807) is 4.90 Å². The first-order chi connectivity index (χ1) is 21.0. The molecule has 2 atom stereocenters. The second-order valence-electron chi connectivity index (χ2n) is 12.1. The molecule has 10 heteroatoms. The summed E-state index contributed by atoms with van der Waals surface area (Å²) in [6.45, 7) is 8.00. The highest BCUT2D eigenvalue weighted by Crippen LogP contribution is 2.39. The van der Waals surface area contributed by atoms with Crippen LogP contribution in [0.4, 0.5) is 11.5 Å². The van der Waals surface area contributed by atoms with Crippen molar-refractivity contribution in [2.75, 3.05) is 56.2 Å². The Balaban J connectivity index is 1.38. The third-order valence-corrected chi connectivity index (χ3v) is 9.63. The van der Waals surface area contributed by atoms with Crippen molar-refractivity contribution >= 4 is 17.4 Å². The molecule has 0 spiro atoms. The van der Waals surface area contributed by atoms with Crippen LogP contribution in [0, 0.1) is 22.7 Å². The third kappa shape index (κ3) is 5.64. The number of hydrogen-bond donors (Lipinski definition) is 0. The molecule has 224 valence electrons. The lowest BCUT2D eigenvalue weighted by molar-refractivity contribution is -0.128. The van der Waals surface area contributed by atoms with Gasteiger partial charge in [0.2, 0.25) is 11.8 Å². The Morgan fingerprint density at radius 3 is 2.72 bits per heavy atom. The number of amides is 1. The molecule has 43 heavy (non-hydrogen) atoms. The number of fused-ring (bicyclic) bond motifs is 2. The molecule has 2 aromatic heterocycles. The van der Waals surface area contributed by atoms with Gasteiger partial charge in [-0.25, -0.2) is 9.97 Å². The number of likely N-dealkylation sites (N-methyl/N-ethyl adjacent to an activating group) is 1. The van der Waals surface area contributed by atoms with Gasteiger partial charge in [-0.3, -0.25) is 4.79 Å². The normalized spacial score (nSPS) is 21.9. The maximum Gasteiger partial charge on any atom is 0.246 e. The van der Waals surface area contributed by atoms with Gasteiger partial charge < -0.3 is 24.3 Å². The molecule has 0 radical (unpaired) electrons. The van der Waals surface area contributed by atoms with Gasteiger partial charge in [0, 0.05) is 44.0 Å². The van der Waals surface area contributed by atoms with Crippen molar-refractivity contribution in [2.24, 2.45) is 0 Å².